The number of Topliss-reactive ketones (excluding diaryl/α,β-unsaturated/α-hetero) is 1. The van der Waals surface area contributed by atoms with Gasteiger partial charge in [0.15, 0.2) is 16.0 Å². The van der Waals surface area contributed by atoms with E-state index in [9.17, 15) is 35.2 Å². The van der Waals surface area contributed by atoms with Gasteiger partial charge in [0.1, 0.15) is 39.4 Å². The molecule has 8 aromatic rings. The van der Waals surface area contributed by atoms with Gasteiger partial charge in [0, 0.05) is 70.7 Å². The molecule has 23 heteroatoms. The Morgan fingerprint density at radius 3 is 1.34 bits per heavy atom. The number of ketones is 1. The Balaban J connectivity index is 0.000000188. The number of aryl methyl sites for hydroxylation is 2. The fraction of sp³-hybridized carbons (Fsp3) is 0.370. The minimum absolute atomic E-state index is 0.0990. The number of hydrogen-bond acceptors (Lipinski definition) is 15. The minimum atomic E-state index is -3.19. The number of piperidine rings is 2. The van der Waals surface area contributed by atoms with Gasteiger partial charge in [-0.25, -0.2) is 59.0 Å². The Morgan fingerprint density at radius 1 is 0.610 bits per heavy atom. The Bertz CT molecular complexity index is 3710. The van der Waals surface area contributed by atoms with Gasteiger partial charge in [-0.2, -0.15) is 0 Å². The van der Waals surface area contributed by atoms with Crippen molar-refractivity contribution in [2.45, 2.75) is 71.1 Å². The third-order valence-corrected chi connectivity index (χ3v) is 19.1. The summed E-state index contributed by atoms with van der Waals surface area (Å²) in [5.74, 6) is 0.849. The molecule has 0 spiro atoms. The number of rotatable bonds is 14. The zero-order chi connectivity index (χ0) is 55.1. The van der Waals surface area contributed by atoms with Crippen molar-refractivity contribution < 1.29 is 39.9 Å². The average molecular weight is 1130 g/mol. The number of sulfonamides is 2. The average Bonchev–Trinajstić information content (AvgIpc) is 4.30. The molecule has 2 aromatic carbocycles. The number of ether oxygens (including phenoxy) is 1. The van der Waals surface area contributed by atoms with Crippen LogP contribution in [0.25, 0.3) is 33.8 Å². The van der Waals surface area contributed by atoms with Crippen LogP contribution >= 0.6 is 22.7 Å². The van der Waals surface area contributed by atoms with E-state index in [-0.39, 0.29) is 29.3 Å². The van der Waals surface area contributed by atoms with Crippen molar-refractivity contribution in [1.29, 1.82) is 0 Å². The number of halogens is 2. The van der Waals surface area contributed by atoms with Crippen molar-refractivity contribution in [3.63, 3.8) is 0 Å². The quantitative estimate of drug-likeness (QED) is 0.0741. The second-order valence-electron chi connectivity index (χ2n) is 19.3. The number of methoxy groups -OCH3 is 1. The van der Waals surface area contributed by atoms with Gasteiger partial charge in [-0.3, -0.25) is 13.6 Å². The number of nitrogens with zero attached hydrogens (tertiary/aromatic N) is 10. The number of anilines is 4. The number of fused-ring (bicyclic) bond motifs is 2. The van der Waals surface area contributed by atoms with E-state index in [1.807, 2.05) is 54.3 Å². The zero-order valence-electron chi connectivity index (χ0n) is 44.0. The number of carbonyl (C=O) groups is 2. The lowest BCUT2D eigenvalue weighted by molar-refractivity contribution is 0.0606. The first kappa shape index (κ1) is 55.3. The Kier molecular flexibility index (Phi) is 16.1. The lowest BCUT2D eigenvalue weighted by atomic mass is 9.91. The van der Waals surface area contributed by atoms with Gasteiger partial charge in [0.2, 0.25) is 20.0 Å². The van der Waals surface area contributed by atoms with Crippen molar-refractivity contribution in [3.8, 4) is 22.5 Å². The molecule has 8 heterocycles. The van der Waals surface area contributed by atoms with Crippen LogP contribution in [0, 0.1) is 11.6 Å². The van der Waals surface area contributed by atoms with Gasteiger partial charge in [0.25, 0.3) is 0 Å². The van der Waals surface area contributed by atoms with E-state index in [2.05, 4.69) is 28.9 Å². The molecule has 0 N–H and O–H groups in total. The van der Waals surface area contributed by atoms with E-state index in [4.69, 9.17) is 24.7 Å². The predicted octanol–water partition coefficient (Wildman–Crippen LogP) is 10.1. The second-order valence-corrected chi connectivity index (χ2v) is 25.2. The first-order chi connectivity index (χ1) is 36.7. The molecule has 2 aliphatic heterocycles. The number of benzene rings is 2. The summed E-state index contributed by atoms with van der Waals surface area (Å²) < 4.78 is 87.0. The van der Waals surface area contributed by atoms with Crippen LogP contribution in [-0.2, 0) is 37.6 Å². The summed E-state index contributed by atoms with van der Waals surface area (Å²) in [6, 6.07) is 20.0. The van der Waals surface area contributed by atoms with E-state index >= 15 is 0 Å². The van der Waals surface area contributed by atoms with Gasteiger partial charge < -0.3 is 14.5 Å². The van der Waals surface area contributed by atoms with Crippen molar-refractivity contribution in [3.05, 3.63) is 129 Å². The number of esters is 1. The molecule has 10 rings (SSSR count). The molecule has 0 radical (unpaired) electrons. The SMILES string of the molecule is CCc1nc2ccc(C3CCN(S(C)(=O)=O)CC3)cn2c1N(C)c1nc(-c2ccc(F)cc2)c(C(=O)OC)s1.CCc1nc2ccc(C3CCN(S(C)(=O)=O)CC3)cn2c1N(C)c1nc(-c2ccc(F)cc2)c(C(C)=O)s1. The fourth-order valence-corrected chi connectivity index (χ4v) is 13.7. The summed E-state index contributed by atoms with van der Waals surface area (Å²) in [6.07, 6.45) is 11.1. The van der Waals surface area contributed by atoms with Crippen molar-refractivity contribution in [2.75, 3.05) is 69.7 Å². The van der Waals surface area contributed by atoms with Gasteiger partial charge in [0.05, 0.1) is 47.3 Å². The lowest BCUT2D eigenvalue weighted by Gasteiger charge is -2.30. The molecule has 17 nitrogen and oxygen atoms in total. The molecule has 406 valence electrons. The van der Waals surface area contributed by atoms with Crippen molar-refractivity contribution in [1.82, 2.24) is 37.3 Å². The van der Waals surface area contributed by atoms with Crippen LogP contribution in [-0.4, -0.2) is 126 Å². The number of thiazole rings is 2. The van der Waals surface area contributed by atoms with Crippen LogP contribution in [0.1, 0.15) is 100 Å². The highest BCUT2D eigenvalue weighted by Gasteiger charge is 2.31. The molecule has 0 unspecified atom stereocenters. The zero-order valence-corrected chi connectivity index (χ0v) is 47.3. The summed E-state index contributed by atoms with van der Waals surface area (Å²) in [6.45, 7) is 7.62. The lowest BCUT2D eigenvalue weighted by Crippen LogP contribution is -2.37. The van der Waals surface area contributed by atoms with Gasteiger partial charge in [-0.15, -0.1) is 0 Å². The third kappa shape index (κ3) is 11.6. The normalized spacial score (nSPS) is 15.2. The molecule has 0 amide bonds. The molecular weight excluding hydrogens is 1070 g/mol. The number of aromatic nitrogens is 6. The molecule has 2 fully saturated rings. The third-order valence-electron chi connectivity index (χ3n) is 14.2. The first-order valence-corrected chi connectivity index (χ1v) is 30.5. The van der Waals surface area contributed by atoms with Crippen LogP contribution in [0.2, 0.25) is 0 Å². The number of imidazole rings is 2. The van der Waals surface area contributed by atoms with E-state index in [0.29, 0.717) is 81.6 Å². The highest BCUT2D eigenvalue weighted by molar-refractivity contribution is 7.88. The highest BCUT2D eigenvalue weighted by atomic mass is 32.2. The molecular formula is C54H60F2N10O7S4. The van der Waals surface area contributed by atoms with E-state index in [1.54, 1.807) is 28.6 Å². The standard InChI is InChI=1S/C27H30FN5O4S2.C27H30FN5O3S2/c1-5-21-25(31(2)27-30-23(24(38-27)26(34)37-3)18-6-9-20(28)10-7-18)33-16-19(8-11-22(33)29-21)17-12-14-32(15-13-17)39(4,35)36;1-5-22-26(31(3)27-30-24(25(37-27)17(2)34)19-6-9-21(28)10-7-19)33-16-20(8-11-23(33)29-22)18-12-14-32(15-13-18)38(4,35)36/h6-11,16-17H,5,12-15H2,1-4H3;6-11,16,18H,5,12-15H2,1-4H3. The Hall–Kier alpha value is -6.50. The molecule has 0 saturated carbocycles. The minimum Gasteiger partial charge on any atom is -0.465 e. The molecule has 2 saturated heterocycles. The molecule has 6 aromatic heterocycles. The maximum Gasteiger partial charge on any atom is 0.350 e. The van der Waals surface area contributed by atoms with Crippen LogP contribution in [0.4, 0.5) is 30.7 Å². The second kappa shape index (κ2) is 22.5. The monoisotopic (exact) mass is 1130 g/mol. The molecule has 77 heavy (non-hydrogen) atoms. The predicted molar refractivity (Wildman–Crippen MR) is 298 cm³/mol. The summed E-state index contributed by atoms with van der Waals surface area (Å²) in [5.41, 5.74) is 7.89. The topological polar surface area (TPSA) is 185 Å². The van der Waals surface area contributed by atoms with Crippen LogP contribution in [0.3, 0.4) is 0 Å². The fourth-order valence-electron chi connectivity index (χ4n) is 10.1. The maximum absolute atomic E-state index is 13.6. The van der Waals surface area contributed by atoms with Crippen molar-refractivity contribution >= 4 is 87.7 Å². The largest absolute Gasteiger partial charge is 0.465 e. The summed E-state index contributed by atoms with van der Waals surface area (Å²) >= 11 is 2.51. The van der Waals surface area contributed by atoms with Gasteiger partial charge in [-0.05, 0) is 122 Å². The molecule has 0 bridgehead atoms. The van der Waals surface area contributed by atoms with E-state index < -0.39 is 26.0 Å². The first-order valence-electron chi connectivity index (χ1n) is 25.2. The van der Waals surface area contributed by atoms with E-state index in [1.165, 1.54) is 77.8 Å². The summed E-state index contributed by atoms with van der Waals surface area (Å²) in [7, 11) is -1.26. The van der Waals surface area contributed by atoms with Crippen LogP contribution < -0.4 is 9.80 Å². The highest BCUT2D eigenvalue weighted by Crippen LogP contribution is 2.41. The Morgan fingerprint density at radius 2 is 0.987 bits per heavy atom. The summed E-state index contributed by atoms with van der Waals surface area (Å²) in [5, 5.41) is 1.20. The summed E-state index contributed by atoms with van der Waals surface area (Å²) in [4.78, 5) is 49.1. The van der Waals surface area contributed by atoms with Crippen LogP contribution in [0.5, 0.6) is 0 Å². The maximum atomic E-state index is 13.6. The molecule has 0 aliphatic carbocycles. The Labute approximate surface area is 454 Å². The smallest absolute Gasteiger partial charge is 0.350 e. The molecule has 2 aliphatic rings. The van der Waals surface area contributed by atoms with E-state index in [0.717, 1.165) is 71.1 Å². The van der Waals surface area contributed by atoms with Crippen molar-refractivity contribution in [2.24, 2.45) is 0 Å². The van der Waals surface area contributed by atoms with Crippen LogP contribution in [0.15, 0.2) is 85.2 Å². The number of hydrogen-bond donors (Lipinski definition) is 0. The number of carbonyl (C=O) groups excluding carboxylic acids is 2. The number of pyridine rings is 2. The van der Waals surface area contributed by atoms with Gasteiger partial charge in [-0.1, -0.05) is 48.7 Å². The van der Waals surface area contributed by atoms with Gasteiger partial charge >= 0.3 is 5.97 Å². The molecule has 0 atom stereocenters.